The minimum absolute atomic E-state index is 0.0961. The first-order valence-electron chi connectivity index (χ1n) is 9.85. The second-order valence-corrected chi connectivity index (χ2v) is 7.36. The Morgan fingerprint density at radius 1 is 0.971 bits per heavy atom. The van der Waals surface area contributed by atoms with Gasteiger partial charge in [-0.1, -0.05) is 29.8 Å². The topological polar surface area (TPSA) is 140 Å². The van der Waals surface area contributed by atoms with Gasteiger partial charge in [-0.3, -0.25) is 35.3 Å². The number of ether oxygens (including phenoxy) is 1. The fraction of sp³-hybridized carbons (Fsp3) is 0.0870. The summed E-state index contributed by atoms with van der Waals surface area (Å²) in [6.07, 6.45) is -0.0961. The lowest BCUT2D eigenvalue weighted by atomic mass is 10.1. The van der Waals surface area contributed by atoms with E-state index in [9.17, 15) is 24.5 Å². The van der Waals surface area contributed by atoms with Gasteiger partial charge in [0.05, 0.1) is 29.0 Å². The van der Waals surface area contributed by atoms with Gasteiger partial charge in [-0.05, 0) is 48.0 Å². The van der Waals surface area contributed by atoms with E-state index in [-0.39, 0.29) is 34.0 Å². The molecular weight excluding hydrogens is 464 g/mol. The summed E-state index contributed by atoms with van der Waals surface area (Å²) in [6.45, 7) is 0. The number of rotatable bonds is 7. The Morgan fingerprint density at radius 3 is 2.29 bits per heavy atom. The molecule has 0 fully saturated rings. The van der Waals surface area contributed by atoms with Crippen molar-refractivity contribution in [2.45, 2.75) is 6.42 Å². The quantitative estimate of drug-likeness (QED) is 0.348. The van der Waals surface area contributed by atoms with Gasteiger partial charge >= 0.3 is 5.69 Å². The Labute approximate surface area is 199 Å². The molecule has 3 N–H and O–H groups in total. The number of nitrogens with zero attached hydrogens (tertiary/aromatic N) is 1. The van der Waals surface area contributed by atoms with E-state index in [4.69, 9.17) is 16.3 Å². The van der Waals surface area contributed by atoms with Gasteiger partial charge in [0.15, 0.2) is 5.75 Å². The monoisotopic (exact) mass is 482 g/mol. The van der Waals surface area contributed by atoms with Crippen LogP contribution in [0.5, 0.6) is 5.75 Å². The van der Waals surface area contributed by atoms with Gasteiger partial charge in [-0.2, -0.15) is 0 Å². The smallest absolute Gasteiger partial charge is 0.311 e. The van der Waals surface area contributed by atoms with Crippen LogP contribution in [0.1, 0.15) is 26.3 Å². The maximum absolute atomic E-state index is 12.3. The molecule has 0 saturated heterocycles. The van der Waals surface area contributed by atoms with Crippen LogP contribution in [-0.2, 0) is 11.2 Å². The zero-order valence-corrected chi connectivity index (χ0v) is 18.6. The van der Waals surface area contributed by atoms with Gasteiger partial charge < -0.3 is 10.1 Å². The van der Waals surface area contributed by atoms with Crippen LogP contribution in [0.2, 0.25) is 5.02 Å². The predicted molar refractivity (Wildman–Crippen MR) is 125 cm³/mol. The van der Waals surface area contributed by atoms with Crippen molar-refractivity contribution in [3.05, 3.63) is 98.6 Å². The number of carbonyl (C=O) groups excluding carboxylic acids is 3. The van der Waals surface area contributed by atoms with Crippen LogP contribution in [0.25, 0.3) is 0 Å². The number of anilines is 1. The average Bonchev–Trinajstić information content (AvgIpc) is 2.83. The summed E-state index contributed by atoms with van der Waals surface area (Å²) in [4.78, 5) is 47.3. The first-order chi connectivity index (χ1) is 16.3. The highest BCUT2D eigenvalue weighted by Crippen LogP contribution is 2.27. The Bertz CT molecular complexity index is 1250. The summed E-state index contributed by atoms with van der Waals surface area (Å²) in [5.41, 5.74) is 5.66. The van der Waals surface area contributed by atoms with Gasteiger partial charge in [0.1, 0.15) is 0 Å². The Hall–Kier alpha value is -4.44. The van der Waals surface area contributed by atoms with E-state index >= 15 is 0 Å². The van der Waals surface area contributed by atoms with Crippen molar-refractivity contribution in [3.8, 4) is 5.75 Å². The number of amides is 3. The van der Waals surface area contributed by atoms with E-state index in [0.29, 0.717) is 11.3 Å². The number of hydrogen-bond acceptors (Lipinski definition) is 6. The predicted octanol–water partition coefficient (Wildman–Crippen LogP) is 3.51. The molecule has 0 heterocycles. The Morgan fingerprint density at radius 2 is 1.65 bits per heavy atom. The van der Waals surface area contributed by atoms with Crippen molar-refractivity contribution in [1.29, 1.82) is 0 Å². The molecule has 0 aromatic heterocycles. The van der Waals surface area contributed by atoms with Crippen LogP contribution < -0.4 is 20.9 Å². The van der Waals surface area contributed by atoms with Crippen LogP contribution in [0.4, 0.5) is 11.4 Å². The number of nitrogens with one attached hydrogen (secondary N) is 3. The summed E-state index contributed by atoms with van der Waals surface area (Å²) in [7, 11) is 1.32. The minimum Gasteiger partial charge on any atom is -0.490 e. The molecular formula is C23H19ClN4O6. The lowest BCUT2D eigenvalue weighted by Crippen LogP contribution is -2.41. The number of carbonyl (C=O) groups is 3. The number of methoxy groups -OCH3 is 1. The maximum atomic E-state index is 12.3. The van der Waals surface area contributed by atoms with Crippen molar-refractivity contribution < 1.29 is 24.0 Å². The van der Waals surface area contributed by atoms with Gasteiger partial charge in [0, 0.05) is 17.3 Å². The van der Waals surface area contributed by atoms with Crippen molar-refractivity contribution in [3.63, 3.8) is 0 Å². The Balaban J connectivity index is 1.56. The summed E-state index contributed by atoms with van der Waals surface area (Å²) >= 11 is 5.95. The summed E-state index contributed by atoms with van der Waals surface area (Å²) in [5.74, 6) is -1.43. The highest BCUT2D eigenvalue weighted by Gasteiger charge is 2.17. The first kappa shape index (κ1) is 24.2. The van der Waals surface area contributed by atoms with Gasteiger partial charge in [0.2, 0.25) is 5.91 Å². The molecule has 0 aliphatic rings. The fourth-order valence-electron chi connectivity index (χ4n) is 2.98. The molecule has 0 aliphatic carbocycles. The molecule has 10 nitrogen and oxygen atoms in total. The summed E-state index contributed by atoms with van der Waals surface area (Å²) < 4.78 is 4.95. The van der Waals surface area contributed by atoms with Gasteiger partial charge in [-0.15, -0.1) is 0 Å². The third-order valence-electron chi connectivity index (χ3n) is 4.64. The van der Waals surface area contributed by atoms with E-state index < -0.39 is 22.6 Å². The second-order valence-electron chi connectivity index (χ2n) is 6.95. The highest BCUT2D eigenvalue weighted by atomic mass is 35.5. The normalized spacial score (nSPS) is 10.2. The number of hydrazine groups is 1. The SMILES string of the molecule is COc1ccc(CC(=O)Nc2ccc(C(=O)NNC(=O)c3ccccc3Cl)cc2)cc1[N+](=O)[O-]. The number of hydrogen-bond donors (Lipinski definition) is 3. The number of halogens is 1. The molecule has 0 atom stereocenters. The molecule has 3 rings (SSSR count). The number of benzene rings is 3. The largest absolute Gasteiger partial charge is 0.490 e. The molecule has 0 aliphatic heterocycles. The average molecular weight is 483 g/mol. The molecule has 0 saturated carbocycles. The van der Waals surface area contributed by atoms with Crippen LogP contribution in [0.15, 0.2) is 66.7 Å². The number of nitro groups is 1. The van der Waals surface area contributed by atoms with E-state index in [0.717, 1.165) is 0 Å². The molecule has 3 aromatic rings. The summed E-state index contributed by atoms with van der Waals surface area (Å²) in [5, 5.41) is 14.0. The molecule has 11 heteroatoms. The zero-order valence-electron chi connectivity index (χ0n) is 17.8. The zero-order chi connectivity index (χ0) is 24.7. The minimum atomic E-state index is -0.582. The maximum Gasteiger partial charge on any atom is 0.311 e. The fourth-order valence-corrected chi connectivity index (χ4v) is 3.20. The van der Waals surface area contributed by atoms with Crippen LogP contribution >= 0.6 is 11.6 Å². The second kappa shape index (κ2) is 10.9. The lowest BCUT2D eigenvalue weighted by molar-refractivity contribution is -0.385. The van der Waals surface area contributed by atoms with Gasteiger partial charge in [0.25, 0.3) is 11.8 Å². The molecule has 174 valence electrons. The highest BCUT2D eigenvalue weighted by molar-refractivity contribution is 6.33. The van der Waals surface area contributed by atoms with E-state index in [1.54, 1.807) is 24.3 Å². The van der Waals surface area contributed by atoms with Crippen molar-refractivity contribution in [2.24, 2.45) is 0 Å². The van der Waals surface area contributed by atoms with Crippen LogP contribution in [0.3, 0.4) is 0 Å². The molecule has 34 heavy (non-hydrogen) atoms. The number of nitro benzene ring substituents is 1. The van der Waals surface area contributed by atoms with E-state index in [1.807, 2.05) is 0 Å². The van der Waals surface area contributed by atoms with Gasteiger partial charge in [-0.25, -0.2) is 0 Å². The summed E-state index contributed by atoms with van der Waals surface area (Å²) in [6, 6.07) is 16.6. The van der Waals surface area contributed by atoms with E-state index in [1.165, 1.54) is 49.6 Å². The van der Waals surface area contributed by atoms with Crippen LogP contribution in [0, 0.1) is 10.1 Å². The third kappa shape index (κ3) is 6.08. The van der Waals surface area contributed by atoms with Crippen molar-refractivity contribution in [2.75, 3.05) is 12.4 Å². The lowest BCUT2D eigenvalue weighted by Gasteiger charge is -2.10. The molecule has 0 radical (unpaired) electrons. The Kier molecular flexibility index (Phi) is 7.78. The first-order valence-corrected chi connectivity index (χ1v) is 10.2. The molecule has 0 bridgehead atoms. The standard InChI is InChI=1S/C23H19ClN4O6/c1-34-20-11-6-14(12-19(20)28(32)33)13-21(29)25-16-9-7-15(8-10-16)22(30)26-27-23(31)17-4-2-3-5-18(17)24/h2-12H,13H2,1H3,(H,25,29)(H,26,30)(H,27,31). The molecule has 3 aromatic carbocycles. The van der Waals surface area contributed by atoms with E-state index in [2.05, 4.69) is 16.2 Å². The van der Waals surface area contributed by atoms with Crippen molar-refractivity contribution >= 4 is 40.7 Å². The van der Waals surface area contributed by atoms with Crippen molar-refractivity contribution in [1.82, 2.24) is 10.9 Å². The molecule has 3 amide bonds. The molecule has 0 unspecified atom stereocenters. The van der Waals surface area contributed by atoms with Crippen LogP contribution in [-0.4, -0.2) is 29.8 Å². The third-order valence-corrected chi connectivity index (χ3v) is 4.97. The molecule has 0 spiro atoms.